The molecule has 4 nitrogen and oxygen atoms in total. The van der Waals surface area contributed by atoms with Crippen molar-refractivity contribution in [3.63, 3.8) is 0 Å². The summed E-state index contributed by atoms with van der Waals surface area (Å²) in [5.41, 5.74) is -0.00452. The molecule has 0 unspecified atom stereocenters. The highest BCUT2D eigenvalue weighted by atomic mass is 79.9. The normalized spacial score (nSPS) is 17.1. The average molecular weight is 420 g/mol. The molecule has 1 N–H and O–H groups in total. The maximum atomic E-state index is 12.5. The molecule has 1 aliphatic rings. The molecular formula is C15H20Br2N2O2. The molecule has 1 saturated heterocycles. The summed E-state index contributed by atoms with van der Waals surface area (Å²) in [7, 11) is 0. The van der Waals surface area contributed by atoms with E-state index in [1.54, 1.807) is 0 Å². The van der Waals surface area contributed by atoms with Crippen LogP contribution in [0.3, 0.4) is 0 Å². The van der Waals surface area contributed by atoms with Gasteiger partial charge in [-0.15, -0.1) is 0 Å². The Labute approximate surface area is 142 Å². The SMILES string of the molecule is CC(C)(O)CN1CCN(C(=O)c2ccc(Br)cc2Br)CC1. The number of carbonyl (C=O) groups excluding carboxylic acids is 1. The van der Waals surface area contributed by atoms with E-state index in [1.807, 2.05) is 36.9 Å². The van der Waals surface area contributed by atoms with E-state index in [9.17, 15) is 9.90 Å². The number of hydrogen-bond donors (Lipinski definition) is 1. The van der Waals surface area contributed by atoms with Crippen LogP contribution < -0.4 is 0 Å². The van der Waals surface area contributed by atoms with Gasteiger partial charge < -0.3 is 10.0 Å². The Bertz CT molecular complexity index is 521. The maximum Gasteiger partial charge on any atom is 0.255 e. The number of β-amino-alcohol motifs (C(OH)–C–C–N with tert-alkyl or cyclic N) is 1. The number of benzene rings is 1. The van der Waals surface area contributed by atoms with Crippen LogP contribution >= 0.6 is 31.9 Å². The van der Waals surface area contributed by atoms with E-state index >= 15 is 0 Å². The number of rotatable bonds is 3. The highest BCUT2D eigenvalue weighted by molar-refractivity contribution is 9.11. The first-order chi connectivity index (χ1) is 9.76. The summed E-state index contributed by atoms with van der Waals surface area (Å²) < 4.78 is 1.75. The summed E-state index contributed by atoms with van der Waals surface area (Å²) >= 11 is 6.84. The number of aliphatic hydroxyl groups is 1. The van der Waals surface area contributed by atoms with Crippen LogP contribution in [0.4, 0.5) is 0 Å². The fourth-order valence-electron chi connectivity index (χ4n) is 2.49. The molecule has 1 aromatic carbocycles. The van der Waals surface area contributed by atoms with Crippen LogP contribution in [0.1, 0.15) is 24.2 Å². The fraction of sp³-hybridized carbons (Fsp3) is 0.533. The Kier molecular flexibility index (Phi) is 5.46. The summed E-state index contributed by atoms with van der Waals surface area (Å²) in [5, 5.41) is 9.85. The van der Waals surface area contributed by atoms with E-state index in [1.165, 1.54) is 0 Å². The van der Waals surface area contributed by atoms with Crippen molar-refractivity contribution < 1.29 is 9.90 Å². The first kappa shape index (κ1) is 16.9. The van der Waals surface area contributed by atoms with Crippen molar-refractivity contribution in [2.75, 3.05) is 32.7 Å². The zero-order valence-electron chi connectivity index (χ0n) is 12.3. The topological polar surface area (TPSA) is 43.8 Å². The van der Waals surface area contributed by atoms with Gasteiger partial charge in [-0.25, -0.2) is 0 Å². The van der Waals surface area contributed by atoms with Crippen molar-refractivity contribution in [2.24, 2.45) is 0 Å². The first-order valence-electron chi connectivity index (χ1n) is 6.95. The minimum atomic E-state index is -0.694. The summed E-state index contributed by atoms with van der Waals surface area (Å²) in [6.07, 6.45) is 0. The third-order valence-electron chi connectivity index (χ3n) is 3.43. The van der Waals surface area contributed by atoms with Gasteiger partial charge in [-0.3, -0.25) is 9.69 Å². The Morgan fingerprint density at radius 2 is 1.86 bits per heavy atom. The highest BCUT2D eigenvalue weighted by Crippen LogP contribution is 2.23. The van der Waals surface area contributed by atoms with Crippen LogP contribution in [0.15, 0.2) is 27.1 Å². The van der Waals surface area contributed by atoms with Crippen molar-refractivity contribution >= 4 is 37.8 Å². The van der Waals surface area contributed by atoms with Crippen LogP contribution in [-0.2, 0) is 0 Å². The molecule has 0 saturated carbocycles. The van der Waals surface area contributed by atoms with Gasteiger partial charge >= 0.3 is 0 Å². The largest absolute Gasteiger partial charge is 0.389 e. The van der Waals surface area contributed by atoms with Crippen LogP contribution in [0.5, 0.6) is 0 Å². The molecule has 1 fully saturated rings. The number of amides is 1. The van der Waals surface area contributed by atoms with Gasteiger partial charge in [0, 0.05) is 41.7 Å². The van der Waals surface area contributed by atoms with Crippen molar-refractivity contribution in [1.29, 1.82) is 0 Å². The van der Waals surface area contributed by atoms with Crippen molar-refractivity contribution in [3.8, 4) is 0 Å². The maximum absolute atomic E-state index is 12.5. The van der Waals surface area contributed by atoms with Gasteiger partial charge in [0.25, 0.3) is 5.91 Å². The minimum absolute atomic E-state index is 0.0530. The third-order valence-corrected chi connectivity index (χ3v) is 4.58. The zero-order chi connectivity index (χ0) is 15.6. The fourth-order valence-corrected chi connectivity index (χ4v) is 3.71. The zero-order valence-corrected chi connectivity index (χ0v) is 15.4. The molecule has 0 bridgehead atoms. The van der Waals surface area contributed by atoms with Gasteiger partial charge in [0.15, 0.2) is 0 Å². The predicted molar refractivity (Wildman–Crippen MR) is 90.5 cm³/mol. The number of carbonyl (C=O) groups is 1. The van der Waals surface area contributed by atoms with E-state index < -0.39 is 5.60 Å². The molecule has 1 aliphatic heterocycles. The van der Waals surface area contributed by atoms with Crippen LogP contribution in [-0.4, -0.2) is 59.1 Å². The molecule has 0 spiro atoms. The quantitative estimate of drug-likeness (QED) is 0.819. The van der Waals surface area contributed by atoms with Gasteiger partial charge in [0.05, 0.1) is 11.2 Å². The monoisotopic (exact) mass is 418 g/mol. The second-order valence-electron chi connectivity index (χ2n) is 6.00. The highest BCUT2D eigenvalue weighted by Gasteiger charge is 2.26. The van der Waals surface area contributed by atoms with Crippen LogP contribution in [0.25, 0.3) is 0 Å². The molecule has 0 aromatic heterocycles. The molecule has 2 rings (SSSR count). The van der Waals surface area contributed by atoms with E-state index in [0.717, 1.165) is 22.0 Å². The molecule has 0 aliphatic carbocycles. The van der Waals surface area contributed by atoms with Gasteiger partial charge in [0.1, 0.15) is 0 Å². The number of piperazine rings is 1. The Morgan fingerprint density at radius 1 is 1.24 bits per heavy atom. The first-order valence-corrected chi connectivity index (χ1v) is 8.54. The molecule has 6 heteroatoms. The Morgan fingerprint density at radius 3 is 2.38 bits per heavy atom. The predicted octanol–water partition coefficient (Wildman–Crippen LogP) is 2.74. The molecule has 1 aromatic rings. The molecular weight excluding hydrogens is 400 g/mol. The van der Waals surface area contributed by atoms with Crippen molar-refractivity contribution in [2.45, 2.75) is 19.4 Å². The van der Waals surface area contributed by atoms with E-state index in [2.05, 4.69) is 36.8 Å². The molecule has 0 atom stereocenters. The summed E-state index contributed by atoms with van der Waals surface area (Å²) in [6, 6.07) is 5.60. The van der Waals surface area contributed by atoms with Crippen LogP contribution in [0, 0.1) is 0 Å². The second-order valence-corrected chi connectivity index (χ2v) is 7.77. The van der Waals surface area contributed by atoms with Gasteiger partial charge in [-0.05, 0) is 48.0 Å². The second kappa shape index (κ2) is 6.77. The van der Waals surface area contributed by atoms with Gasteiger partial charge in [0.2, 0.25) is 0 Å². The minimum Gasteiger partial charge on any atom is -0.389 e. The Hall–Kier alpha value is -0.430. The van der Waals surface area contributed by atoms with Crippen molar-refractivity contribution in [1.82, 2.24) is 9.80 Å². The van der Waals surface area contributed by atoms with Crippen molar-refractivity contribution in [3.05, 3.63) is 32.7 Å². The standard InChI is InChI=1S/C15H20Br2N2O2/c1-15(2,21)10-18-5-7-19(8-6-18)14(20)12-4-3-11(16)9-13(12)17/h3-4,9,21H,5-8,10H2,1-2H3. The lowest BCUT2D eigenvalue weighted by Crippen LogP contribution is -2.52. The summed E-state index contributed by atoms with van der Waals surface area (Å²) in [5.74, 6) is 0.0530. The average Bonchev–Trinajstić information content (AvgIpc) is 2.37. The summed E-state index contributed by atoms with van der Waals surface area (Å²) in [6.45, 7) is 7.23. The smallest absolute Gasteiger partial charge is 0.255 e. The molecule has 1 amide bonds. The van der Waals surface area contributed by atoms with E-state index in [4.69, 9.17) is 0 Å². The number of nitrogens with zero attached hydrogens (tertiary/aromatic N) is 2. The lowest BCUT2D eigenvalue weighted by Gasteiger charge is -2.37. The summed E-state index contributed by atoms with van der Waals surface area (Å²) in [4.78, 5) is 16.6. The Balaban J connectivity index is 1.97. The molecule has 0 radical (unpaired) electrons. The van der Waals surface area contributed by atoms with Crippen LogP contribution in [0.2, 0.25) is 0 Å². The van der Waals surface area contributed by atoms with E-state index in [-0.39, 0.29) is 5.91 Å². The third kappa shape index (κ3) is 4.77. The molecule has 1 heterocycles. The number of halogens is 2. The molecule has 21 heavy (non-hydrogen) atoms. The number of hydrogen-bond acceptors (Lipinski definition) is 3. The lowest BCUT2D eigenvalue weighted by atomic mass is 10.1. The lowest BCUT2D eigenvalue weighted by molar-refractivity contribution is 0.0178. The van der Waals surface area contributed by atoms with Gasteiger partial charge in [-0.2, -0.15) is 0 Å². The van der Waals surface area contributed by atoms with E-state index in [0.29, 0.717) is 25.2 Å². The molecule has 116 valence electrons. The van der Waals surface area contributed by atoms with Gasteiger partial charge in [-0.1, -0.05) is 15.9 Å².